The third kappa shape index (κ3) is 5.71. The second kappa shape index (κ2) is 9.33. The van der Waals surface area contributed by atoms with Crippen LogP contribution in [0.5, 0.6) is 5.75 Å². The zero-order valence-corrected chi connectivity index (χ0v) is 12.9. The summed E-state index contributed by atoms with van der Waals surface area (Å²) < 4.78 is 15.2. The summed E-state index contributed by atoms with van der Waals surface area (Å²) in [6.07, 6.45) is 0. The van der Waals surface area contributed by atoms with Crippen LogP contribution in [0.15, 0.2) is 18.2 Å². The molecule has 1 aromatic carbocycles. The van der Waals surface area contributed by atoms with E-state index in [1.165, 1.54) is 0 Å². The van der Waals surface area contributed by atoms with Gasteiger partial charge in [-0.25, -0.2) is 0 Å². The van der Waals surface area contributed by atoms with Crippen molar-refractivity contribution in [1.29, 1.82) is 0 Å². The van der Waals surface area contributed by atoms with Crippen LogP contribution in [0.2, 0.25) is 0 Å². The standard InChI is InChI=1S/C15H24N2O4/c1-19-8-6-17(7-9-20-2)11-14(18)12-4-5-15(21-3)13(16)10-12/h4-5,10H,6-9,11,16H2,1-3H3. The number of hydrogen-bond donors (Lipinski definition) is 1. The van der Waals surface area contributed by atoms with Crippen molar-refractivity contribution in [2.75, 3.05) is 59.9 Å². The fraction of sp³-hybridized carbons (Fsp3) is 0.533. The van der Waals surface area contributed by atoms with E-state index in [9.17, 15) is 4.79 Å². The molecule has 1 rings (SSSR count). The van der Waals surface area contributed by atoms with E-state index in [2.05, 4.69) is 0 Å². The van der Waals surface area contributed by atoms with Crippen LogP contribution in [0.4, 0.5) is 5.69 Å². The summed E-state index contributed by atoms with van der Waals surface area (Å²) >= 11 is 0. The van der Waals surface area contributed by atoms with Gasteiger partial charge in [0.05, 0.1) is 32.6 Å². The molecule has 0 unspecified atom stereocenters. The maximum Gasteiger partial charge on any atom is 0.176 e. The van der Waals surface area contributed by atoms with Crippen LogP contribution >= 0.6 is 0 Å². The molecule has 0 aliphatic carbocycles. The van der Waals surface area contributed by atoms with Gasteiger partial charge >= 0.3 is 0 Å². The minimum Gasteiger partial charge on any atom is -0.495 e. The van der Waals surface area contributed by atoms with Crippen molar-refractivity contribution >= 4 is 11.5 Å². The lowest BCUT2D eigenvalue weighted by Gasteiger charge is -2.20. The molecule has 0 spiro atoms. The fourth-order valence-corrected chi connectivity index (χ4v) is 1.91. The van der Waals surface area contributed by atoms with E-state index in [1.54, 1.807) is 39.5 Å². The molecular formula is C15H24N2O4. The molecule has 0 atom stereocenters. The minimum absolute atomic E-state index is 0.0107. The second-order valence-corrected chi connectivity index (χ2v) is 4.64. The van der Waals surface area contributed by atoms with Gasteiger partial charge in [-0.05, 0) is 18.2 Å². The number of methoxy groups -OCH3 is 3. The third-order valence-corrected chi connectivity index (χ3v) is 3.14. The number of rotatable bonds is 10. The van der Waals surface area contributed by atoms with E-state index in [1.807, 2.05) is 4.90 Å². The molecule has 0 aromatic heterocycles. The lowest BCUT2D eigenvalue weighted by atomic mass is 10.1. The highest BCUT2D eigenvalue weighted by atomic mass is 16.5. The first kappa shape index (κ1) is 17.4. The van der Waals surface area contributed by atoms with Crippen LogP contribution in [0.3, 0.4) is 0 Å². The molecule has 0 radical (unpaired) electrons. The molecule has 21 heavy (non-hydrogen) atoms. The second-order valence-electron chi connectivity index (χ2n) is 4.64. The van der Waals surface area contributed by atoms with E-state index in [0.717, 1.165) is 0 Å². The molecule has 6 nitrogen and oxygen atoms in total. The van der Waals surface area contributed by atoms with Crippen LogP contribution in [0, 0.1) is 0 Å². The summed E-state index contributed by atoms with van der Waals surface area (Å²) in [4.78, 5) is 14.3. The molecule has 0 saturated carbocycles. The van der Waals surface area contributed by atoms with Gasteiger partial charge in [-0.2, -0.15) is 0 Å². The maximum absolute atomic E-state index is 12.3. The summed E-state index contributed by atoms with van der Waals surface area (Å²) in [5, 5.41) is 0. The maximum atomic E-state index is 12.3. The van der Waals surface area contributed by atoms with Crippen molar-refractivity contribution in [3.63, 3.8) is 0 Å². The zero-order chi connectivity index (χ0) is 15.7. The molecule has 0 bridgehead atoms. The minimum atomic E-state index is 0.0107. The van der Waals surface area contributed by atoms with Gasteiger partial charge in [-0.15, -0.1) is 0 Å². The van der Waals surface area contributed by atoms with Gasteiger partial charge in [-0.1, -0.05) is 0 Å². The molecule has 0 heterocycles. The van der Waals surface area contributed by atoms with Crippen molar-refractivity contribution in [2.45, 2.75) is 0 Å². The highest BCUT2D eigenvalue weighted by Gasteiger charge is 2.13. The van der Waals surface area contributed by atoms with Gasteiger partial charge in [0.25, 0.3) is 0 Å². The number of ketones is 1. The predicted molar refractivity (Wildman–Crippen MR) is 81.9 cm³/mol. The van der Waals surface area contributed by atoms with E-state index < -0.39 is 0 Å². The lowest BCUT2D eigenvalue weighted by molar-refractivity contribution is 0.0837. The van der Waals surface area contributed by atoms with Crippen LogP contribution in [-0.4, -0.2) is 64.9 Å². The number of carbonyl (C=O) groups is 1. The Bertz CT molecular complexity index is 443. The topological polar surface area (TPSA) is 74.0 Å². The first-order valence-electron chi connectivity index (χ1n) is 6.79. The first-order valence-corrected chi connectivity index (χ1v) is 6.79. The quantitative estimate of drug-likeness (QED) is 0.514. The van der Waals surface area contributed by atoms with Crippen molar-refractivity contribution in [2.24, 2.45) is 0 Å². The average molecular weight is 296 g/mol. The van der Waals surface area contributed by atoms with Crippen molar-refractivity contribution in [3.05, 3.63) is 23.8 Å². The summed E-state index contributed by atoms with van der Waals surface area (Å²) in [5.74, 6) is 0.582. The normalized spacial score (nSPS) is 10.9. The van der Waals surface area contributed by atoms with Gasteiger partial charge in [0.2, 0.25) is 0 Å². The molecule has 1 aromatic rings. The number of nitrogens with zero attached hydrogens (tertiary/aromatic N) is 1. The number of ether oxygens (including phenoxy) is 3. The number of nitrogen functional groups attached to an aromatic ring is 1. The number of nitrogens with two attached hydrogens (primary N) is 1. The summed E-state index contributed by atoms with van der Waals surface area (Å²) in [5.41, 5.74) is 6.87. The number of carbonyl (C=O) groups excluding carboxylic acids is 1. The van der Waals surface area contributed by atoms with Gasteiger partial charge in [0, 0.05) is 32.9 Å². The Morgan fingerprint density at radius 2 is 1.76 bits per heavy atom. The summed E-state index contributed by atoms with van der Waals surface area (Å²) in [7, 11) is 4.82. The molecule has 6 heteroatoms. The summed E-state index contributed by atoms with van der Waals surface area (Å²) in [6, 6.07) is 5.07. The Kier molecular flexibility index (Phi) is 7.74. The first-order chi connectivity index (χ1) is 10.1. The fourth-order valence-electron chi connectivity index (χ4n) is 1.91. The molecule has 0 aliphatic heterocycles. The molecule has 0 fully saturated rings. The van der Waals surface area contributed by atoms with E-state index in [-0.39, 0.29) is 5.78 Å². The number of hydrogen-bond acceptors (Lipinski definition) is 6. The number of Topliss-reactive ketones (excluding diaryl/α,β-unsaturated/α-hetero) is 1. The van der Waals surface area contributed by atoms with E-state index in [4.69, 9.17) is 19.9 Å². The SMILES string of the molecule is COCCN(CCOC)CC(=O)c1ccc(OC)c(N)c1. The Balaban J connectivity index is 2.68. The lowest BCUT2D eigenvalue weighted by Crippen LogP contribution is -2.35. The number of benzene rings is 1. The molecule has 0 amide bonds. The van der Waals surface area contributed by atoms with Crippen LogP contribution in [0.1, 0.15) is 10.4 Å². The smallest absolute Gasteiger partial charge is 0.176 e. The Morgan fingerprint density at radius 1 is 1.14 bits per heavy atom. The molecule has 118 valence electrons. The molecule has 2 N–H and O–H groups in total. The summed E-state index contributed by atoms with van der Waals surface area (Å²) in [6.45, 7) is 2.80. The predicted octanol–water partition coefficient (Wildman–Crippen LogP) is 1.05. The molecule has 0 saturated heterocycles. The Morgan fingerprint density at radius 3 is 2.24 bits per heavy atom. The zero-order valence-electron chi connectivity index (χ0n) is 12.9. The van der Waals surface area contributed by atoms with E-state index >= 15 is 0 Å². The number of anilines is 1. The Hall–Kier alpha value is -1.63. The van der Waals surface area contributed by atoms with Crippen molar-refractivity contribution in [1.82, 2.24) is 4.90 Å². The van der Waals surface area contributed by atoms with Crippen LogP contribution < -0.4 is 10.5 Å². The highest BCUT2D eigenvalue weighted by molar-refractivity contribution is 5.98. The van der Waals surface area contributed by atoms with Gasteiger partial charge in [0.1, 0.15) is 5.75 Å². The Labute approximate surface area is 125 Å². The third-order valence-electron chi connectivity index (χ3n) is 3.14. The van der Waals surface area contributed by atoms with Gasteiger partial charge in [-0.3, -0.25) is 9.69 Å². The van der Waals surface area contributed by atoms with Crippen LogP contribution in [-0.2, 0) is 9.47 Å². The van der Waals surface area contributed by atoms with Gasteiger partial charge in [0.15, 0.2) is 5.78 Å². The molecule has 0 aliphatic rings. The van der Waals surface area contributed by atoms with Crippen LogP contribution in [0.25, 0.3) is 0 Å². The van der Waals surface area contributed by atoms with E-state index in [0.29, 0.717) is 49.8 Å². The monoisotopic (exact) mass is 296 g/mol. The van der Waals surface area contributed by atoms with Crippen molar-refractivity contribution < 1.29 is 19.0 Å². The largest absolute Gasteiger partial charge is 0.495 e. The van der Waals surface area contributed by atoms with Crippen molar-refractivity contribution in [3.8, 4) is 5.75 Å². The molecular weight excluding hydrogens is 272 g/mol. The highest BCUT2D eigenvalue weighted by Crippen LogP contribution is 2.22. The van der Waals surface area contributed by atoms with Gasteiger partial charge < -0.3 is 19.9 Å². The average Bonchev–Trinajstić information content (AvgIpc) is 2.49.